The number of hydrogen-bond acceptors (Lipinski definition) is 3. The van der Waals surface area contributed by atoms with Crippen LogP contribution in [0.25, 0.3) is 10.9 Å². The van der Waals surface area contributed by atoms with Crippen LogP contribution >= 0.6 is 15.9 Å². The summed E-state index contributed by atoms with van der Waals surface area (Å²) in [5.41, 5.74) is 2.15. The van der Waals surface area contributed by atoms with Gasteiger partial charge in [0.2, 0.25) is 0 Å². The lowest BCUT2D eigenvalue weighted by atomic mass is 10.2. The number of aromatic amines is 1. The maximum Gasteiger partial charge on any atom is 0.356 e. The molecule has 0 bridgehead atoms. The molecule has 3 aromatic rings. The molecule has 3 rings (SSSR count). The Morgan fingerprint density at radius 1 is 1.08 bits per heavy atom. The topological polar surface area (TPSA) is 62.4 Å². The summed E-state index contributed by atoms with van der Waals surface area (Å²) in [4.78, 5) is 29.0. The summed E-state index contributed by atoms with van der Waals surface area (Å²) >= 11 is 3.41. The van der Waals surface area contributed by atoms with E-state index in [0.717, 1.165) is 16.5 Å². The number of para-hydroxylation sites is 1. The maximum absolute atomic E-state index is 12.3. The predicted molar refractivity (Wildman–Crippen MR) is 99.2 cm³/mol. The van der Waals surface area contributed by atoms with Crippen molar-refractivity contribution in [3.05, 3.63) is 70.3 Å². The summed E-state index contributed by atoms with van der Waals surface area (Å²) in [5, 5.41) is 0.891. The van der Waals surface area contributed by atoms with Gasteiger partial charge in [0.15, 0.2) is 6.61 Å². The first kappa shape index (κ1) is 17.2. The summed E-state index contributed by atoms with van der Waals surface area (Å²) in [5.74, 6) is -0.825. The molecule has 6 heteroatoms. The van der Waals surface area contributed by atoms with Gasteiger partial charge in [0.05, 0.1) is 4.47 Å². The Balaban J connectivity index is 1.61. The largest absolute Gasteiger partial charge is 0.451 e. The normalized spacial score (nSPS) is 10.6. The van der Waals surface area contributed by atoms with Gasteiger partial charge in [-0.15, -0.1) is 0 Å². The number of benzene rings is 2. The summed E-state index contributed by atoms with van der Waals surface area (Å²) in [7, 11) is 1.68. The van der Waals surface area contributed by atoms with E-state index < -0.39 is 5.97 Å². The van der Waals surface area contributed by atoms with Gasteiger partial charge in [-0.25, -0.2) is 4.79 Å². The molecule has 1 amide bonds. The number of esters is 1. The molecule has 0 aliphatic rings. The minimum atomic E-state index is -0.565. The zero-order chi connectivity index (χ0) is 17.8. The van der Waals surface area contributed by atoms with Crippen LogP contribution in [0, 0.1) is 0 Å². The number of carbonyl (C=O) groups excluding carboxylic acids is 2. The molecular formula is C19H17BrN2O3. The number of H-pyrrole nitrogens is 1. The van der Waals surface area contributed by atoms with Crippen molar-refractivity contribution in [3.63, 3.8) is 0 Å². The van der Waals surface area contributed by atoms with Crippen LogP contribution in [0.1, 0.15) is 16.1 Å². The van der Waals surface area contributed by atoms with Crippen molar-refractivity contribution < 1.29 is 14.3 Å². The van der Waals surface area contributed by atoms with Gasteiger partial charge >= 0.3 is 5.97 Å². The Morgan fingerprint density at radius 2 is 1.76 bits per heavy atom. The number of aromatic nitrogens is 1. The average Bonchev–Trinajstić information content (AvgIpc) is 2.97. The van der Waals surface area contributed by atoms with Gasteiger partial charge in [-0.3, -0.25) is 4.79 Å². The summed E-state index contributed by atoms with van der Waals surface area (Å²) in [6, 6.07) is 17.2. The fourth-order valence-corrected chi connectivity index (χ4v) is 3.11. The Hall–Kier alpha value is -2.60. The van der Waals surface area contributed by atoms with Crippen molar-refractivity contribution in [2.24, 2.45) is 0 Å². The molecular weight excluding hydrogens is 384 g/mol. The molecule has 0 radical (unpaired) electrons. The second-order valence-corrected chi connectivity index (χ2v) is 6.46. The lowest BCUT2D eigenvalue weighted by Gasteiger charge is -2.17. The predicted octanol–water partition coefficient (Wildman–Crippen LogP) is 3.75. The van der Waals surface area contributed by atoms with Crippen LogP contribution in [0.4, 0.5) is 0 Å². The smallest absolute Gasteiger partial charge is 0.356 e. The van der Waals surface area contributed by atoms with Gasteiger partial charge in [-0.05, 0) is 27.6 Å². The third kappa shape index (κ3) is 3.91. The summed E-state index contributed by atoms with van der Waals surface area (Å²) in [6.45, 7) is 0.164. The van der Waals surface area contributed by atoms with Gasteiger partial charge < -0.3 is 14.6 Å². The van der Waals surface area contributed by atoms with E-state index >= 15 is 0 Å². The first-order valence-electron chi connectivity index (χ1n) is 7.77. The second kappa shape index (κ2) is 7.53. The highest BCUT2D eigenvalue weighted by atomic mass is 79.9. The molecule has 0 saturated carbocycles. The number of fused-ring (bicyclic) bond motifs is 1. The third-order valence-electron chi connectivity index (χ3n) is 3.86. The average molecular weight is 401 g/mol. The third-order valence-corrected chi connectivity index (χ3v) is 4.69. The monoisotopic (exact) mass is 400 g/mol. The number of amides is 1. The molecule has 0 aliphatic heterocycles. The molecule has 0 unspecified atom stereocenters. The molecule has 25 heavy (non-hydrogen) atoms. The molecule has 0 atom stereocenters. The van der Waals surface area contributed by atoms with Crippen LogP contribution in [-0.2, 0) is 16.1 Å². The molecule has 0 spiro atoms. The van der Waals surface area contributed by atoms with E-state index in [0.29, 0.717) is 16.7 Å². The van der Waals surface area contributed by atoms with Crippen molar-refractivity contribution in [1.29, 1.82) is 0 Å². The summed E-state index contributed by atoms with van der Waals surface area (Å²) < 4.78 is 5.80. The van der Waals surface area contributed by atoms with E-state index in [1.807, 2.05) is 54.6 Å². The van der Waals surface area contributed by atoms with Crippen molar-refractivity contribution in [2.75, 3.05) is 13.7 Å². The second-order valence-electron chi connectivity index (χ2n) is 5.67. The van der Waals surface area contributed by atoms with Gasteiger partial charge in [0.1, 0.15) is 5.69 Å². The number of nitrogens with zero attached hydrogens (tertiary/aromatic N) is 1. The molecule has 0 saturated heterocycles. The van der Waals surface area contributed by atoms with Crippen LogP contribution in [0.2, 0.25) is 0 Å². The molecule has 5 nitrogen and oxygen atoms in total. The lowest BCUT2D eigenvalue weighted by molar-refractivity contribution is -0.133. The van der Waals surface area contributed by atoms with Crippen LogP contribution < -0.4 is 0 Å². The standard InChI is InChI=1S/C19H17BrN2O3/c1-22(11-13-7-3-2-4-8-13)16(23)12-25-19(24)18-17(20)14-9-5-6-10-15(14)21-18/h2-10,21H,11-12H2,1H3. The number of nitrogens with one attached hydrogen (secondary N) is 1. The molecule has 0 fully saturated rings. The van der Waals surface area contributed by atoms with E-state index in [9.17, 15) is 9.59 Å². The molecule has 1 aromatic heterocycles. The molecule has 2 aromatic carbocycles. The Labute approximate surface area is 153 Å². The van der Waals surface area contributed by atoms with Crippen molar-refractivity contribution in [3.8, 4) is 0 Å². The van der Waals surface area contributed by atoms with Gasteiger partial charge in [-0.2, -0.15) is 0 Å². The highest BCUT2D eigenvalue weighted by molar-refractivity contribution is 9.10. The fraction of sp³-hybridized carbons (Fsp3) is 0.158. The Kier molecular flexibility index (Phi) is 5.19. The van der Waals surface area contributed by atoms with Crippen LogP contribution in [0.5, 0.6) is 0 Å². The Bertz CT molecular complexity index is 905. The van der Waals surface area contributed by atoms with E-state index in [-0.39, 0.29) is 12.5 Å². The van der Waals surface area contributed by atoms with E-state index in [4.69, 9.17) is 4.74 Å². The van der Waals surface area contributed by atoms with Crippen molar-refractivity contribution in [1.82, 2.24) is 9.88 Å². The highest BCUT2D eigenvalue weighted by Gasteiger charge is 2.19. The number of hydrogen-bond donors (Lipinski definition) is 1. The van der Waals surface area contributed by atoms with Crippen molar-refractivity contribution in [2.45, 2.75) is 6.54 Å². The molecule has 1 heterocycles. The van der Waals surface area contributed by atoms with Gasteiger partial charge in [-0.1, -0.05) is 48.5 Å². The Morgan fingerprint density at radius 3 is 2.48 bits per heavy atom. The number of carbonyl (C=O) groups is 2. The number of rotatable bonds is 5. The number of likely N-dealkylation sites (N-methyl/N-ethyl adjacent to an activating group) is 1. The van der Waals surface area contributed by atoms with Crippen LogP contribution in [0.3, 0.4) is 0 Å². The van der Waals surface area contributed by atoms with Gasteiger partial charge in [0.25, 0.3) is 5.91 Å². The summed E-state index contributed by atoms with van der Waals surface area (Å²) in [6.07, 6.45) is 0. The molecule has 0 aliphatic carbocycles. The highest BCUT2D eigenvalue weighted by Crippen LogP contribution is 2.28. The van der Waals surface area contributed by atoms with Gasteiger partial charge in [0, 0.05) is 24.5 Å². The van der Waals surface area contributed by atoms with E-state index in [1.165, 1.54) is 4.90 Å². The fourth-order valence-electron chi connectivity index (χ4n) is 2.50. The zero-order valence-corrected chi connectivity index (χ0v) is 15.2. The lowest BCUT2D eigenvalue weighted by Crippen LogP contribution is -2.30. The number of halogens is 1. The first-order chi connectivity index (χ1) is 12.1. The SMILES string of the molecule is CN(Cc1ccccc1)C(=O)COC(=O)c1[nH]c2ccccc2c1Br. The minimum Gasteiger partial charge on any atom is -0.451 e. The first-order valence-corrected chi connectivity index (χ1v) is 8.57. The van der Waals surface area contributed by atoms with E-state index in [2.05, 4.69) is 20.9 Å². The zero-order valence-electron chi connectivity index (χ0n) is 13.7. The molecule has 1 N–H and O–H groups in total. The van der Waals surface area contributed by atoms with Crippen LogP contribution in [0.15, 0.2) is 59.1 Å². The maximum atomic E-state index is 12.3. The quantitative estimate of drug-likeness (QED) is 0.663. The molecule has 128 valence electrons. The number of ether oxygens (including phenoxy) is 1. The van der Waals surface area contributed by atoms with Crippen molar-refractivity contribution >= 4 is 38.7 Å². The van der Waals surface area contributed by atoms with Crippen LogP contribution in [-0.4, -0.2) is 35.4 Å². The minimum absolute atomic E-state index is 0.260. The van der Waals surface area contributed by atoms with E-state index in [1.54, 1.807) is 7.05 Å².